The van der Waals surface area contributed by atoms with Gasteiger partial charge >= 0.3 is 0 Å². The lowest BCUT2D eigenvalue weighted by atomic mass is 10.2. The van der Waals surface area contributed by atoms with Gasteiger partial charge in [-0.05, 0) is 38.1 Å². The highest BCUT2D eigenvalue weighted by Gasteiger charge is 2.44. The smallest absolute Gasteiger partial charge is 0.180 e. The summed E-state index contributed by atoms with van der Waals surface area (Å²) in [7, 11) is 0. The number of benzene rings is 1. The zero-order chi connectivity index (χ0) is 22.0. The van der Waals surface area contributed by atoms with E-state index in [4.69, 9.17) is 14.2 Å². The molecule has 0 saturated carbocycles. The van der Waals surface area contributed by atoms with E-state index in [1.807, 2.05) is 24.4 Å². The highest BCUT2D eigenvalue weighted by atomic mass is 19.1. The molecule has 3 atom stereocenters. The maximum Gasteiger partial charge on any atom is 0.180 e. The van der Waals surface area contributed by atoms with Crippen LogP contribution in [0.5, 0.6) is 5.75 Å². The predicted molar refractivity (Wildman–Crippen MR) is 109 cm³/mol. The Morgan fingerprint density at radius 1 is 1.26 bits per heavy atom. The SMILES string of the molecule is CCOCC(CO)NC1OC1c1c(C)nc2c(OCc3c(F)cccc3F)cccn12. The average Bonchev–Trinajstić information content (AvgIpc) is 3.42. The normalized spacial score (nSPS) is 19.0. The van der Waals surface area contributed by atoms with Crippen LogP contribution in [0.4, 0.5) is 8.78 Å². The molecular weight excluding hydrogens is 408 g/mol. The number of aliphatic hydroxyl groups is 1. The van der Waals surface area contributed by atoms with E-state index in [1.165, 1.54) is 18.2 Å². The fourth-order valence-corrected chi connectivity index (χ4v) is 3.54. The minimum Gasteiger partial charge on any atom is -0.485 e. The molecule has 0 aliphatic carbocycles. The van der Waals surface area contributed by atoms with Crippen molar-refractivity contribution < 1.29 is 28.1 Å². The van der Waals surface area contributed by atoms with Crippen molar-refractivity contribution in [3.05, 3.63) is 65.1 Å². The van der Waals surface area contributed by atoms with E-state index < -0.39 is 11.6 Å². The van der Waals surface area contributed by atoms with Crippen molar-refractivity contribution in [2.45, 2.75) is 38.8 Å². The number of nitrogens with one attached hydrogen (secondary N) is 1. The maximum atomic E-state index is 13.9. The Bertz CT molecular complexity index is 1040. The number of epoxide rings is 1. The van der Waals surface area contributed by atoms with Gasteiger partial charge in [-0.25, -0.2) is 13.8 Å². The van der Waals surface area contributed by atoms with E-state index in [0.717, 1.165) is 11.4 Å². The molecule has 1 saturated heterocycles. The number of halogens is 2. The third-order valence-corrected chi connectivity index (χ3v) is 5.17. The monoisotopic (exact) mass is 433 g/mol. The third-order valence-electron chi connectivity index (χ3n) is 5.17. The van der Waals surface area contributed by atoms with Crippen molar-refractivity contribution in [1.82, 2.24) is 14.7 Å². The summed E-state index contributed by atoms with van der Waals surface area (Å²) in [4.78, 5) is 4.58. The van der Waals surface area contributed by atoms with Crippen molar-refractivity contribution in [3.8, 4) is 5.75 Å². The van der Waals surface area contributed by atoms with Gasteiger partial charge in [-0.2, -0.15) is 0 Å². The molecule has 0 bridgehead atoms. The van der Waals surface area contributed by atoms with Gasteiger partial charge in [0, 0.05) is 12.8 Å². The number of aliphatic hydroxyl groups excluding tert-OH is 1. The van der Waals surface area contributed by atoms with Gasteiger partial charge in [-0.3, -0.25) is 9.72 Å². The summed E-state index contributed by atoms with van der Waals surface area (Å²) in [6.07, 6.45) is 1.32. The fourth-order valence-electron chi connectivity index (χ4n) is 3.54. The van der Waals surface area contributed by atoms with Gasteiger partial charge in [0.25, 0.3) is 0 Å². The molecule has 0 radical (unpaired) electrons. The number of aromatic nitrogens is 2. The van der Waals surface area contributed by atoms with E-state index in [-0.39, 0.29) is 37.2 Å². The number of rotatable bonds is 10. The van der Waals surface area contributed by atoms with Crippen LogP contribution in [-0.4, -0.2) is 46.6 Å². The van der Waals surface area contributed by atoms with Crippen LogP contribution in [0.2, 0.25) is 0 Å². The van der Waals surface area contributed by atoms with Crippen LogP contribution in [0.1, 0.15) is 30.0 Å². The Kier molecular flexibility index (Phi) is 6.47. The molecule has 1 fully saturated rings. The second-order valence-electron chi connectivity index (χ2n) is 7.32. The minimum atomic E-state index is -0.655. The first kappa shape index (κ1) is 21.6. The van der Waals surface area contributed by atoms with Crippen LogP contribution in [0.15, 0.2) is 36.5 Å². The second kappa shape index (κ2) is 9.27. The van der Waals surface area contributed by atoms with Crippen LogP contribution >= 0.6 is 0 Å². The number of fused-ring (bicyclic) bond motifs is 1. The fraction of sp³-hybridized carbons (Fsp3) is 0.409. The van der Waals surface area contributed by atoms with Crippen LogP contribution in [0.3, 0.4) is 0 Å². The molecule has 1 aromatic carbocycles. The standard InChI is InChI=1S/C22H25F2N3O4/c1-3-29-11-14(10-28)26-22-20(31-22)19-13(2)25-21-18(8-5-9-27(19)21)30-12-15-16(23)6-4-7-17(15)24/h4-9,14,20,22,26,28H,3,10-12H2,1-2H3. The molecule has 9 heteroatoms. The quantitative estimate of drug-likeness (QED) is 0.479. The number of imidazole rings is 1. The summed E-state index contributed by atoms with van der Waals surface area (Å²) in [6.45, 7) is 4.40. The third kappa shape index (κ3) is 4.54. The first-order valence-corrected chi connectivity index (χ1v) is 10.2. The topological polar surface area (TPSA) is 80.5 Å². The number of pyridine rings is 1. The Morgan fingerprint density at radius 3 is 2.74 bits per heavy atom. The van der Waals surface area contributed by atoms with Gasteiger partial charge in [0.2, 0.25) is 0 Å². The number of ether oxygens (including phenoxy) is 3. The molecule has 2 aromatic heterocycles. The lowest BCUT2D eigenvalue weighted by Crippen LogP contribution is -2.39. The molecule has 7 nitrogen and oxygen atoms in total. The van der Waals surface area contributed by atoms with Gasteiger partial charge in [0.05, 0.1) is 36.2 Å². The molecule has 2 N–H and O–H groups in total. The molecule has 31 heavy (non-hydrogen) atoms. The van der Waals surface area contributed by atoms with E-state index in [9.17, 15) is 13.9 Å². The van der Waals surface area contributed by atoms with Crippen LogP contribution in [0.25, 0.3) is 5.65 Å². The first-order valence-electron chi connectivity index (χ1n) is 10.2. The number of hydrogen-bond donors (Lipinski definition) is 2. The van der Waals surface area contributed by atoms with Crippen molar-refractivity contribution in [2.75, 3.05) is 19.8 Å². The summed E-state index contributed by atoms with van der Waals surface area (Å²) in [6, 6.07) is 6.96. The Balaban J connectivity index is 1.52. The zero-order valence-electron chi connectivity index (χ0n) is 17.3. The van der Waals surface area contributed by atoms with E-state index >= 15 is 0 Å². The lowest BCUT2D eigenvalue weighted by molar-refractivity contribution is 0.0917. The van der Waals surface area contributed by atoms with Gasteiger partial charge < -0.3 is 19.3 Å². The molecule has 0 amide bonds. The second-order valence-corrected chi connectivity index (χ2v) is 7.32. The van der Waals surface area contributed by atoms with Crippen LogP contribution < -0.4 is 10.1 Å². The van der Waals surface area contributed by atoms with Crippen molar-refractivity contribution in [2.24, 2.45) is 0 Å². The van der Waals surface area contributed by atoms with Gasteiger partial charge in [0.15, 0.2) is 11.4 Å². The molecule has 4 rings (SSSR count). The van der Waals surface area contributed by atoms with Crippen molar-refractivity contribution >= 4 is 5.65 Å². The van der Waals surface area contributed by atoms with Crippen LogP contribution in [-0.2, 0) is 16.1 Å². The molecule has 1 aliphatic rings. The predicted octanol–water partition coefficient (Wildman–Crippen LogP) is 2.88. The average molecular weight is 433 g/mol. The van der Waals surface area contributed by atoms with E-state index in [2.05, 4.69) is 10.3 Å². The molecule has 0 spiro atoms. The van der Waals surface area contributed by atoms with E-state index in [0.29, 0.717) is 24.6 Å². The minimum absolute atomic E-state index is 0.0662. The maximum absolute atomic E-state index is 13.9. The summed E-state index contributed by atoms with van der Waals surface area (Å²) >= 11 is 0. The van der Waals surface area contributed by atoms with Gasteiger partial charge in [0.1, 0.15) is 30.6 Å². The van der Waals surface area contributed by atoms with Crippen molar-refractivity contribution in [1.29, 1.82) is 0 Å². The van der Waals surface area contributed by atoms with Crippen LogP contribution in [0, 0.1) is 18.6 Å². The molecule has 3 aromatic rings. The number of hydrogen-bond acceptors (Lipinski definition) is 6. The molecular formula is C22H25F2N3O4. The zero-order valence-corrected chi connectivity index (χ0v) is 17.3. The summed E-state index contributed by atoms with van der Waals surface area (Å²) in [5.74, 6) is -0.898. The first-order chi connectivity index (χ1) is 15.0. The number of nitrogens with zero attached hydrogens (tertiary/aromatic N) is 2. The molecule has 3 unspecified atom stereocenters. The summed E-state index contributed by atoms with van der Waals surface area (Å²) < 4.78 is 46.5. The molecule has 166 valence electrons. The summed E-state index contributed by atoms with van der Waals surface area (Å²) in [5.41, 5.74) is 2.01. The van der Waals surface area contributed by atoms with Gasteiger partial charge in [-0.1, -0.05) is 6.07 Å². The molecule has 3 heterocycles. The Morgan fingerprint density at radius 2 is 2.03 bits per heavy atom. The largest absolute Gasteiger partial charge is 0.485 e. The van der Waals surface area contributed by atoms with Gasteiger partial charge in [-0.15, -0.1) is 0 Å². The Hall–Kier alpha value is -2.59. The van der Waals surface area contributed by atoms with Crippen molar-refractivity contribution in [3.63, 3.8) is 0 Å². The highest BCUT2D eigenvalue weighted by molar-refractivity contribution is 5.56. The molecule has 1 aliphatic heterocycles. The lowest BCUT2D eigenvalue weighted by Gasteiger charge is -2.14. The van der Waals surface area contributed by atoms with E-state index in [1.54, 1.807) is 12.1 Å². The highest BCUT2D eigenvalue weighted by Crippen LogP contribution is 2.40. The Labute approximate surface area is 178 Å². The summed E-state index contributed by atoms with van der Waals surface area (Å²) in [5, 5.41) is 12.7. The number of aryl methyl sites for hydroxylation is 1.